The van der Waals surface area contributed by atoms with Crippen molar-refractivity contribution in [2.24, 2.45) is 0 Å². The molecule has 0 aliphatic rings. The highest BCUT2D eigenvalue weighted by Crippen LogP contribution is 2.16. The molecule has 0 saturated carbocycles. The topological polar surface area (TPSA) is 66.4 Å². The fraction of sp³-hybridized carbons (Fsp3) is 0.455. The molecule has 0 spiro atoms. The van der Waals surface area contributed by atoms with Crippen molar-refractivity contribution >= 4 is 15.5 Å². The molecule has 0 amide bonds. The number of phenols is 1. The van der Waals surface area contributed by atoms with Gasteiger partial charge in [0.15, 0.2) is 9.84 Å². The Morgan fingerprint density at radius 1 is 1.44 bits per heavy atom. The lowest BCUT2D eigenvalue weighted by molar-refractivity contribution is 0.475. The minimum absolute atomic E-state index is 0.0964. The molecule has 16 heavy (non-hydrogen) atoms. The van der Waals surface area contributed by atoms with Crippen LogP contribution in [0.5, 0.6) is 5.75 Å². The number of hydrogen-bond donors (Lipinski definition) is 2. The van der Waals surface area contributed by atoms with Crippen LogP contribution in [0.3, 0.4) is 0 Å². The molecule has 90 valence electrons. The van der Waals surface area contributed by atoms with E-state index in [4.69, 9.17) is 0 Å². The van der Waals surface area contributed by atoms with Crippen LogP contribution in [0.25, 0.3) is 0 Å². The van der Waals surface area contributed by atoms with Gasteiger partial charge in [-0.05, 0) is 19.1 Å². The number of hydrogen-bond acceptors (Lipinski definition) is 4. The van der Waals surface area contributed by atoms with Crippen molar-refractivity contribution in [3.8, 4) is 5.75 Å². The maximum atomic E-state index is 11.4. The van der Waals surface area contributed by atoms with Crippen LogP contribution >= 0.6 is 0 Å². The van der Waals surface area contributed by atoms with Crippen molar-refractivity contribution in [1.29, 1.82) is 0 Å². The van der Waals surface area contributed by atoms with E-state index in [1.165, 1.54) is 0 Å². The lowest BCUT2D eigenvalue weighted by Gasteiger charge is -2.14. The highest BCUT2D eigenvalue weighted by molar-refractivity contribution is 7.91. The summed E-state index contributed by atoms with van der Waals surface area (Å²) >= 11 is 0. The van der Waals surface area contributed by atoms with Crippen molar-refractivity contribution in [3.63, 3.8) is 0 Å². The van der Waals surface area contributed by atoms with Gasteiger partial charge in [-0.25, -0.2) is 8.42 Å². The van der Waals surface area contributed by atoms with Crippen LogP contribution in [0.2, 0.25) is 0 Å². The van der Waals surface area contributed by atoms with E-state index in [0.29, 0.717) is 0 Å². The zero-order valence-corrected chi connectivity index (χ0v) is 10.3. The summed E-state index contributed by atoms with van der Waals surface area (Å²) in [5, 5.41) is 12.3. The van der Waals surface area contributed by atoms with Crippen LogP contribution in [0, 0.1) is 0 Å². The van der Waals surface area contributed by atoms with Crippen molar-refractivity contribution in [2.45, 2.75) is 19.9 Å². The molecule has 4 nitrogen and oxygen atoms in total. The summed E-state index contributed by atoms with van der Waals surface area (Å²) in [6.07, 6.45) is 0. The Hall–Kier alpha value is -1.23. The molecular formula is C11H17NO3S. The van der Waals surface area contributed by atoms with Crippen LogP contribution in [-0.4, -0.2) is 31.1 Å². The molecule has 1 unspecified atom stereocenters. The SMILES string of the molecule is CCS(=O)(=O)CC(C)Nc1cccc(O)c1. The van der Waals surface area contributed by atoms with Gasteiger partial charge in [-0.3, -0.25) is 0 Å². The second kappa shape index (κ2) is 5.21. The van der Waals surface area contributed by atoms with E-state index in [1.54, 1.807) is 38.1 Å². The summed E-state index contributed by atoms with van der Waals surface area (Å²) in [5.74, 6) is 0.411. The molecule has 1 atom stereocenters. The van der Waals surface area contributed by atoms with Crippen molar-refractivity contribution in [1.82, 2.24) is 0 Å². The van der Waals surface area contributed by atoms with Gasteiger partial charge in [0.05, 0.1) is 5.75 Å². The van der Waals surface area contributed by atoms with Crippen LogP contribution in [-0.2, 0) is 9.84 Å². The largest absolute Gasteiger partial charge is 0.508 e. The summed E-state index contributed by atoms with van der Waals surface area (Å²) in [6, 6.07) is 6.45. The van der Waals surface area contributed by atoms with E-state index < -0.39 is 9.84 Å². The molecular weight excluding hydrogens is 226 g/mol. The van der Waals surface area contributed by atoms with Gasteiger partial charge in [0.2, 0.25) is 0 Å². The normalized spacial score (nSPS) is 13.4. The van der Waals surface area contributed by atoms with Crippen LogP contribution < -0.4 is 5.32 Å². The molecule has 0 saturated heterocycles. The summed E-state index contributed by atoms with van der Waals surface area (Å²) in [4.78, 5) is 0. The molecule has 1 aromatic rings. The number of sulfone groups is 1. The fourth-order valence-electron chi connectivity index (χ4n) is 1.42. The average Bonchev–Trinajstić information content (AvgIpc) is 2.16. The molecule has 0 heterocycles. The summed E-state index contributed by atoms with van der Waals surface area (Å²) in [7, 11) is -2.97. The third kappa shape index (κ3) is 4.10. The summed E-state index contributed by atoms with van der Waals surface area (Å²) in [5.41, 5.74) is 0.721. The smallest absolute Gasteiger partial charge is 0.152 e. The molecule has 0 fully saturated rings. The fourth-order valence-corrected chi connectivity index (χ4v) is 2.50. The van der Waals surface area contributed by atoms with E-state index in [0.717, 1.165) is 5.69 Å². The van der Waals surface area contributed by atoms with E-state index in [-0.39, 0.29) is 23.3 Å². The van der Waals surface area contributed by atoms with Gasteiger partial charge in [0.25, 0.3) is 0 Å². The number of rotatable bonds is 5. The van der Waals surface area contributed by atoms with E-state index in [9.17, 15) is 13.5 Å². The molecule has 0 aromatic heterocycles. The molecule has 0 bridgehead atoms. The molecule has 0 aliphatic carbocycles. The van der Waals surface area contributed by atoms with E-state index >= 15 is 0 Å². The van der Waals surface area contributed by atoms with Gasteiger partial charge in [-0.2, -0.15) is 0 Å². The Morgan fingerprint density at radius 2 is 2.12 bits per heavy atom. The number of phenolic OH excluding ortho intramolecular Hbond substituents is 1. The van der Waals surface area contributed by atoms with Crippen molar-refractivity contribution in [2.75, 3.05) is 16.8 Å². The third-order valence-corrected chi connectivity index (χ3v) is 4.09. The highest BCUT2D eigenvalue weighted by Gasteiger charge is 2.13. The molecule has 1 aromatic carbocycles. The van der Waals surface area contributed by atoms with Gasteiger partial charge in [0, 0.05) is 23.5 Å². The Morgan fingerprint density at radius 3 is 2.69 bits per heavy atom. The maximum Gasteiger partial charge on any atom is 0.152 e. The monoisotopic (exact) mass is 243 g/mol. The van der Waals surface area contributed by atoms with Crippen molar-refractivity contribution in [3.05, 3.63) is 24.3 Å². The Labute approximate surface area is 96.2 Å². The summed E-state index contributed by atoms with van der Waals surface area (Å²) < 4.78 is 22.8. The predicted molar refractivity (Wildman–Crippen MR) is 65.5 cm³/mol. The van der Waals surface area contributed by atoms with Gasteiger partial charge in [-0.15, -0.1) is 0 Å². The third-order valence-electron chi connectivity index (χ3n) is 2.20. The van der Waals surface area contributed by atoms with E-state index in [1.807, 2.05) is 0 Å². The maximum absolute atomic E-state index is 11.4. The quantitative estimate of drug-likeness (QED) is 0.825. The first kappa shape index (κ1) is 12.8. The zero-order valence-electron chi connectivity index (χ0n) is 9.47. The Kier molecular flexibility index (Phi) is 4.18. The van der Waals surface area contributed by atoms with Crippen LogP contribution in [0.1, 0.15) is 13.8 Å². The predicted octanol–water partition coefficient (Wildman–Crippen LogP) is 1.63. The minimum Gasteiger partial charge on any atom is -0.508 e. The van der Waals surface area contributed by atoms with Gasteiger partial charge in [-0.1, -0.05) is 13.0 Å². The Balaban J connectivity index is 2.62. The minimum atomic E-state index is -2.97. The number of anilines is 1. The standard InChI is InChI=1S/C11H17NO3S/c1-3-16(14,15)8-9(2)12-10-5-4-6-11(13)7-10/h4-7,9,12-13H,3,8H2,1-2H3. The van der Waals surface area contributed by atoms with E-state index in [2.05, 4.69) is 5.32 Å². The number of benzene rings is 1. The highest BCUT2D eigenvalue weighted by atomic mass is 32.2. The lowest BCUT2D eigenvalue weighted by atomic mass is 10.2. The van der Waals surface area contributed by atoms with Crippen LogP contribution in [0.15, 0.2) is 24.3 Å². The van der Waals surface area contributed by atoms with Crippen LogP contribution in [0.4, 0.5) is 5.69 Å². The molecule has 1 rings (SSSR count). The van der Waals surface area contributed by atoms with Gasteiger partial charge in [0.1, 0.15) is 5.75 Å². The first-order chi connectivity index (χ1) is 7.43. The first-order valence-electron chi connectivity index (χ1n) is 5.19. The molecule has 0 radical (unpaired) electrons. The second-order valence-corrected chi connectivity index (χ2v) is 6.19. The second-order valence-electron chi connectivity index (χ2n) is 3.79. The lowest BCUT2D eigenvalue weighted by Crippen LogP contribution is -2.26. The van der Waals surface area contributed by atoms with Gasteiger partial charge < -0.3 is 10.4 Å². The number of aromatic hydroxyl groups is 1. The summed E-state index contributed by atoms with van der Waals surface area (Å²) in [6.45, 7) is 3.44. The average molecular weight is 243 g/mol. The number of nitrogens with one attached hydrogen (secondary N) is 1. The molecule has 5 heteroatoms. The first-order valence-corrected chi connectivity index (χ1v) is 7.01. The Bertz CT molecular complexity index is 442. The zero-order chi connectivity index (χ0) is 12.2. The molecule has 0 aliphatic heterocycles. The van der Waals surface area contributed by atoms with Gasteiger partial charge >= 0.3 is 0 Å². The molecule has 2 N–H and O–H groups in total. The van der Waals surface area contributed by atoms with Crippen molar-refractivity contribution < 1.29 is 13.5 Å².